The van der Waals surface area contributed by atoms with Gasteiger partial charge in [-0.25, -0.2) is 4.79 Å². The van der Waals surface area contributed by atoms with Crippen molar-refractivity contribution in [1.82, 2.24) is 5.32 Å². The number of nitrogens with zero attached hydrogens (tertiary/aromatic N) is 1. The molecule has 7 heteroatoms. The van der Waals surface area contributed by atoms with Crippen molar-refractivity contribution in [2.45, 2.75) is 26.3 Å². The zero-order chi connectivity index (χ0) is 15.8. The second-order valence-corrected chi connectivity index (χ2v) is 4.38. The van der Waals surface area contributed by atoms with Crippen LogP contribution in [0.4, 0.5) is 4.79 Å². The van der Waals surface area contributed by atoms with Gasteiger partial charge < -0.3 is 25.1 Å². The van der Waals surface area contributed by atoms with E-state index in [9.17, 15) is 4.79 Å². The Morgan fingerprint density at radius 3 is 2.67 bits per heavy atom. The quantitative estimate of drug-likeness (QED) is 0.408. The molecule has 0 bridgehead atoms. The van der Waals surface area contributed by atoms with Crippen molar-refractivity contribution in [3.05, 3.63) is 23.8 Å². The minimum absolute atomic E-state index is 0.251. The van der Waals surface area contributed by atoms with Crippen LogP contribution in [0.25, 0.3) is 0 Å². The molecule has 0 saturated carbocycles. The Morgan fingerprint density at radius 1 is 1.43 bits per heavy atom. The summed E-state index contributed by atoms with van der Waals surface area (Å²) in [5.74, 6) is 1.11. The highest BCUT2D eigenvalue weighted by Gasteiger charge is 2.18. The van der Waals surface area contributed by atoms with E-state index in [1.54, 1.807) is 25.1 Å². The molecule has 1 aromatic rings. The third-order valence-corrected chi connectivity index (χ3v) is 2.86. The van der Waals surface area contributed by atoms with Crippen molar-refractivity contribution in [1.29, 1.82) is 0 Å². The molecular weight excluding hydrogens is 276 g/mol. The molecule has 0 unspecified atom stereocenters. The third-order valence-electron chi connectivity index (χ3n) is 2.86. The Hall–Kier alpha value is -2.44. The van der Waals surface area contributed by atoms with Crippen LogP contribution in [0.2, 0.25) is 0 Å². The second-order valence-electron chi connectivity index (χ2n) is 4.38. The van der Waals surface area contributed by atoms with Crippen LogP contribution in [0.3, 0.4) is 0 Å². The Balaban J connectivity index is 3.11. The monoisotopic (exact) mass is 296 g/mol. The van der Waals surface area contributed by atoms with Crippen LogP contribution in [-0.4, -0.2) is 35.8 Å². The summed E-state index contributed by atoms with van der Waals surface area (Å²) in [7, 11) is 1.53. The molecule has 1 atom stereocenters. The van der Waals surface area contributed by atoms with Crippen molar-refractivity contribution in [3.63, 3.8) is 0 Å². The van der Waals surface area contributed by atoms with E-state index >= 15 is 0 Å². The molecule has 116 valence electrons. The standard InChI is InChI=1S/C14H20N2O5/c1-4-21-13-8-10(5-6-12(13)20-3)11(15-14(17)18)7-9(2)16-19/h5-6,8,11,15,19H,4,7H2,1-3H3,(H,17,18)/t11-/m1/s1. The van der Waals surface area contributed by atoms with Crippen molar-refractivity contribution in [3.8, 4) is 11.5 Å². The van der Waals surface area contributed by atoms with E-state index in [1.165, 1.54) is 7.11 Å². The van der Waals surface area contributed by atoms with Gasteiger partial charge in [-0.05, 0) is 31.5 Å². The molecule has 0 radical (unpaired) electrons. The lowest BCUT2D eigenvalue weighted by Gasteiger charge is -2.19. The fourth-order valence-electron chi connectivity index (χ4n) is 1.92. The third kappa shape index (κ3) is 4.87. The van der Waals surface area contributed by atoms with E-state index in [4.69, 9.17) is 19.8 Å². The van der Waals surface area contributed by atoms with Crippen LogP contribution in [0, 0.1) is 0 Å². The molecule has 1 aromatic carbocycles. The van der Waals surface area contributed by atoms with Gasteiger partial charge in [0.05, 0.1) is 25.5 Å². The van der Waals surface area contributed by atoms with E-state index < -0.39 is 12.1 Å². The summed E-state index contributed by atoms with van der Waals surface area (Å²) < 4.78 is 10.7. The number of ether oxygens (including phenoxy) is 2. The molecule has 1 amide bonds. The minimum Gasteiger partial charge on any atom is -0.493 e. The highest BCUT2D eigenvalue weighted by molar-refractivity contribution is 5.82. The molecule has 3 N–H and O–H groups in total. The van der Waals surface area contributed by atoms with Gasteiger partial charge in [0.15, 0.2) is 11.5 Å². The zero-order valence-corrected chi connectivity index (χ0v) is 12.3. The summed E-state index contributed by atoms with van der Waals surface area (Å²) in [4.78, 5) is 10.9. The first-order valence-electron chi connectivity index (χ1n) is 6.49. The Labute approximate surface area is 123 Å². The van der Waals surface area contributed by atoms with Gasteiger partial charge in [-0.1, -0.05) is 11.2 Å². The molecule has 0 aliphatic heterocycles. The van der Waals surface area contributed by atoms with E-state index in [-0.39, 0.29) is 6.42 Å². The van der Waals surface area contributed by atoms with Crippen molar-refractivity contribution in [2.24, 2.45) is 5.16 Å². The summed E-state index contributed by atoms with van der Waals surface area (Å²) in [5.41, 5.74) is 1.12. The highest BCUT2D eigenvalue weighted by atomic mass is 16.5. The van der Waals surface area contributed by atoms with E-state index in [1.807, 2.05) is 6.92 Å². The summed E-state index contributed by atoms with van der Waals surface area (Å²) in [6, 6.07) is 4.63. The maximum Gasteiger partial charge on any atom is 0.405 e. The van der Waals surface area contributed by atoms with Gasteiger partial charge in [-0.15, -0.1) is 0 Å². The first-order valence-corrected chi connectivity index (χ1v) is 6.49. The molecule has 21 heavy (non-hydrogen) atoms. The normalized spacial score (nSPS) is 12.6. The molecule has 0 spiro atoms. The molecule has 0 saturated heterocycles. The summed E-state index contributed by atoms with van der Waals surface area (Å²) >= 11 is 0. The number of hydrogen-bond acceptors (Lipinski definition) is 5. The van der Waals surface area contributed by atoms with E-state index in [0.29, 0.717) is 29.4 Å². The molecule has 0 aliphatic carbocycles. The predicted molar refractivity (Wildman–Crippen MR) is 77.6 cm³/mol. The molecule has 7 nitrogen and oxygen atoms in total. The first-order chi connectivity index (χ1) is 10.0. The minimum atomic E-state index is -1.15. The molecule has 0 heterocycles. The number of carbonyl (C=O) groups is 1. The second kappa shape index (κ2) is 7.98. The topological polar surface area (TPSA) is 100 Å². The smallest absolute Gasteiger partial charge is 0.405 e. The number of hydrogen-bond donors (Lipinski definition) is 3. The van der Waals surface area contributed by atoms with Crippen LogP contribution < -0.4 is 14.8 Å². The van der Waals surface area contributed by atoms with Gasteiger partial charge in [0.2, 0.25) is 0 Å². The Bertz CT molecular complexity index is 516. The van der Waals surface area contributed by atoms with Crippen molar-refractivity contribution in [2.75, 3.05) is 13.7 Å². The summed E-state index contributed by atoms with van der Waals surface area (Å²) in [6.45, 7) is 3.93. The zero-order valence-electron chi connectivity index (χ0n) is 12.3. The van der Waals surface area contributed by atoms with Crippen molar-refractivity contribution >= 4 is 11.8 Å². The number of rotatable bonds is 7. The van der Waals surface area contributed by atoms with Crippen LogP contribution in [0.1, 0.15) is 31.9 Å². The van der Waals surface area contributed by atoms with E-state index in [0.717, 1.165) is 0 Å². The van der Waals surface area contributed by atoms with Crippen LogP contribution in [-0.2, 0) is 0 Å². The predicted octanol–water partition coefficient (Wildman–Crippen LogP) is 2.64. The summed E-state index contributed by atoms with van der Waals surface area (Å²) in [6.07, 6.45) is -0.903. The molecule has 0 fully saturated rings. The van der Waals surface area contributed by atoms with Crippen LogP contribution >= 0.6 is 0 Å². The maximum atomic E-state index is 10.9. The SMILES string of the molecule is CCOc1cc([C@@H](CC(C)=NO)NC(=O)O)ccc1OC. The Morgan fingerprint density at radius 2 is 2.14 bits per heavy atom. The number of nitrogens with one attached hydrogen (secondary N) is 1. The largest absolute Gasteiger partial charge is 0.493 e. The first kappa shape index (κ1) is 16.6. The van der Waals surface area contributed by atoms with Crippen molar-refractivity contribution < 1.29 is 24.6 Å². The fourth-order valence-corrected chi connectivity index (χ4v) is 1.92. The maximum absolute atomic E-state index is 10.9. The van der Waals surface area contributed by atoms with Gasteiger partial charge in [0, 0.05) is 6.42 Å². The number of amides is 1. The molecule has 0 aromatic heterocycles. The van der Waals surface area contributed by atoms with Gasteiger partial charge >= 0.3 is 6.09 Å². The molecule has 1 rings (SSSR count). The van der Waals surface area contributed by atoms with Gasteiger partial charge in [0.25, 0.3) is 0 Å². The average Bonchev–Trinajstić information content (AvgIpc) is 2.46. The number of carboxylic acid groups (broad SMARTS) is 1. The van der Waals surface area contributed by atoms with Crippen LogP contribution in [0.15, 0.2) is 23.4 Å². The van der Waals surface area contributed by atoms with Gasteiger partial charge in [0.1, 0.15) is 0 Å². The van der Waals surface area contributed by atoms with Crippen LogP contribution in [0.5, 0.6) is 11.5 Å². The number of oxime groups is 1. The lowest BCUT2D eigenvalue weighted by Crippen LogP contribution is -2.28. The molecular formula is C14H20N2O5. The van der Waals surface area contributed by atoms with Gasteiger partial charge in [-0.2, -0.15) is 0 Å². The van der Waals surface area contributed by atoms with Gasteiger partial charge in [-0.3, -0.25) is 0 Å². The Kier molecular flexibility index (Phi) is 6.32. The van der Waals surface area contributed by atoms with E-state index in [2.05, 4.69) is 10.5 Å². The summed E-state index contributed by atoms with van der Waals surface area (Å²) in [5, 5.41) is 23.2. The number of benzene rings is 1. The highest BCUT2D eigenvalue weighted by Crippen LogP contribution is 2.31. The number of methoxy groups -OCH3 is 1. The molecule has 0 aliphatic rings. The lowest BCUT2D eigenvalue weighted by atomic mass is 10.0. The average molecular weight is 296 g/mol. The fraction of sp³-hybridized carbons (Fsp3) is 0.429. The lowest BCUT2D eigenvalue weighted by molar-refractivity contribution is 0.190.